The quantitative estimate of drug-likeness (QED) is 0.114. The molecule has 6 aromatic carbocycles. The molecule has 0 nitrogen and oxygen atoms in total. The van der Waals surface area contributed by atoms with Crippen molar-refractivity contribution in [1.82, 2.24) is 0 Å². The third-order valence-electron chi connectivity index (χ3n) is 9.27. The predicted molar refractivity (Wildman–Crippen MR) is 204 cm³/mol. The molecule has 0 heterocycles. The standard InChI is InChI=1S/C43H42BP/c1-33(34(2)35-20-22-39(23-21-35)36-14-8-5-9-15-36)32-45(3,4)44(42-28-24-40(25-29-42)37-16-10-6-11-17-37)43-30-26-41(27-31-43)38-18-12-7-13-19-38/h5-31,45H,32H2,1-4H3/b34-33+. The average molecular weight is 601 g/mol. The predicted octanol–water partition coefficient (Wildman–Crippen LogP) is 10.3. The molecule has 0 unspecified atom stereocenters. The van der Waals surface area contributed by atoms with Crippen molar-refractivity contribution in [2.75, 3.05) is 19.5 Å². The number of hydrogen-bond acceptors (Lipinski definition) is 0. The van der Waals surface area contributed by atoms with Gasteiger partial charge >= 0.3 is 272 Å². The van der Waals surface area contributed by atoms with Crippen LogP contribution < -0.4 is 10.9 Å². The van der Waals surface area contributed by atoms with E-state index in [2.05, 4.69) is 191 Å². The van der Waals surface area contributed by atoms with E-state index in [0.29, 0.717) is 6.43 Å². The van der Waals surface area contributed by atoms with E-state index in [0.717, 1.165) is 6.16 Å². The van der Waals surface area contributed by atoms with Crippen LogP contribution >= 0.6 is 7.14 Å². The van der Waals surface area contributed by atoms with Gasteiger partial charge in [0.2, 0.25) is 0 Å². The Bertz CT molecular complexity index is 1770. The molecule has 0 aromatic heterocycles. The van der Waals surface area contributed by atoms with Crippen molar-refractivity contribution in [3.05, 3.63) is 175 Å². The summed E-state index contributed by atoms with van der Waals surface area (Å²) >= 11 is 0. The van der Waals surface area contributed by atoms with Crippen LogP contribution in [0.3, 0.4) is 0 Å². The van der Waals surface area contributed by atoms with Gasteiger partial charge in [0.1, 0.15) is 0 Å². The molecule has 0 N–H and O–H groups in total. The van der Waals surface area contributed by atoms with E-state index in [1.807, 2.05) is 0 Å². The van der Waals surface area contributed by atoms with E-state index in [9.17, 15) is 0 Å². The number of benzene rings is 6. The Labute approximate surface area is 270 Å². The van der Waals surface area contributed by atoms with Crippen LogP contribution in [0.5, 0.6) is 0 Å². The topological polar surface area (TPSA) is 0 Å². The van der Waals surface area contributed by atoms with Crippen LogP contribution in [0.2, 0.25) is 0 Å². The SMILES string of the molecule is C/C(C[PH](C)(C)B(c1ccc(-c2ccccc2)cc1)c1ccc(-c2ccccc2)cc1)=C(/C)c1ccc(-c2ccccc2)cc1. The van der Waals surface area contributed by atoms with Gasteiger partial charge in [-0.1, -0.05) is 0 Å². The molecule has 0 aliphatic carbocycles. The van der Waals surface area contributed by atoms with Gasteiger partial charge in [-0.25, -0.2) is 0 Å². The molecule has 45 heavy (non-hydrogen) atoms. The minimum absolute atomic E-state index is 0.371. The first kappa shape index (κ1) is 30.6. The van der Waals surface area contributed by atoms with Crippen LogP contribution in [-0.2, 0) is 0 Å². The fraction of sp³-hybridized carbons (Fsp3) is 0.116. The van der Waals surface area contributed by atoms with Crippen molar-refractivity contribution >= 4 is 30.1 Å². The Balaban J connectivity index is 1.33. The van der Waals surface area contributed by atoms with Crippen molar-refractivity contribution in [2.45, 2.75) is 13.8 Å². The van der Waals surface area contributed by atoms with Crippen molar-refractivity contribution in [3.8, 4) is 33.4 Å². The van der Waals surface area contributed by atoms with Gasteiger partial charge < -0.3 is 0 Å². The number of hydrogen-bond donors (Lipinski definition) is 0. The van der Waals surface area contributed by atoms with Gasteiger partial charge in [0.15, 0.2) is 0 Å². The second-order valence-electron chi connectivity index (χ2n) is 12.9. The Morgan fingerprint density at radius 3 is 1.09 bits per heavy atom. The molecule has 2 heteroatoms. The van der Waals surface area contributed by atoms with E-state index >= 15 is 0 Å². The molecule has 6 aromatic rings. The molecular formula is C43H42BP. The summed E-state index contributed by atoms with van der Waals surface area (Å²) in [7, 11) is -1.89. The molecule has 0 amide bonds. The van der Waals surface area contributed by atoms with Crippen molar-refractivity contribution < 1.29 is 0 Å². The minimum atomic E-state index is -1.89. The third kappa shape index (κ3) is 7.11. The molecule has 222 valence electrons. The van der Waals surface area contributed by atoms with Gasteiger partial charge in [-0.2, -0.15) is 0 Å². The van der Waals surface area contributed by atoms with Crippen LogP contribution in [0, 0.1) is 0 Å². The van der Waals surface area contributed by atoms with Crippen molar-refractivity contribution in [2.24, 2.45) is 0 Å². The fourth-order valence-electron chi connectivity index (χ4n) is 6.80. The van der Waals surface area contributed by atoms with Gasteiger partial charge in [0.25, 0.3) is 0 Å². The Hall–Kier alpha value is -4.45. The summed E-state index contributed by atoms with van der Waals surface area (Å²) in [5.74, 6) is 0. The summed E-state index contributed by atoms with van der Waals surface area (Å²) in [4.78, 5) is 0. The zero-order valence-corrected chi connectivity index (χ0v) is 27.9. The molecule has 0 fully saturated rings. The molecule has 0 saturated carbocycles. The van der Waals surface area contributed by atoms with Gasteiger partial charge in [-0.05, 0) is 0 Å². The Morgan fingerprint density at radius 2 is 0.733 bits per heavy atom. The maximum absolute atomic E-state index is 2.57. The third-order valence-corrected chi connectivity index (χ3v) is 12.9. The summed E-state index contributed by atoms with van der Waals surface area (Å²) < 4.78 is 0. The second-order valence-corrected chi connectivity index (χ2v) is 17.8. The summed E-state index contributed by atoms with van der Waals surface area (Å²) in [6.07, 6.45) is 1.50. The molecule has 0 saturated heterocycles. The van der Waals surface area contributed by atoms with E-state index in [1.165, 1.54) is 61.0 Å². The summed E-state index contributed by atoms with van der Waals surface area (Å²) in [5.41, 5.74) is 14.6. The maximum atomic E-state index is 2.57. The zero-order valence-electron chi connectivity index (χ0n) is 26.9. The van der Waals surface area contributed by atoms with Crippen LogP contribution in [0.4, 0.5) is 0 Å². The van der Waals surface area contributed by atoms with Gasteiger partial charge in [0, 0.05) is 0 Å². The normalized spacial score (nSPS) is 12.4. The zero-order chi connectivity index (χ0) is 31.2. The number of allylic oxidation sites excluding steroid dienone is 2. The summed E-state index contributed by atoms with van der Waals surface area (Å²) in [6, 6.07) is 59.8. The van der Waals surface area contributed by atoms with Crippen molar-refractivity contribution in [1.29, 1.82) is 0 Å². The average Bonchev–Trinajstić information content (AvgIpc) is 3.09. The Morgan fingerprint density at radius 1 is 0.422 bits per heavy atom. The molecule has 0 aliphatic heterocycles. The summed E-state index contributed by atoms with van der Waals surface area (Å²) in [6.45, 7) is 9.80. The van der Waals surface area contributed by atoms with Crippen LogP contribution in [0.1, 0.15) is 19.4 Å². The second kappa shape index (κ2) is 13.7. The number of rotatable bonds is 9. The van der Waals surface area contributed by atoms with Crippen molar-refractivity contribution in [3.63, 3.8) is 0 Å². The first-order valence-corrected chi connectivity index (χ1v) is 19.3. The fourth-order valence-corrected chi connectivity index (χ4v) is 10.8. The van der Waals surface area contributed by atoms with E-state index in [1.54, 1.807) is 0 Å². The van der Waals surface area contributed by atoms with Crippen LogP contribution in [0.25, 0.3) is 39.0 Å². The molecule has 6 rings (SSSR count). The molecule has 0 radical (unpaired) electrons. The van der Waals surface area contributed by atoms with Gasteiger partial charge in [-0.15, -0.1) is 0 Å². The molecule has 0 atom stereocenters. The van der Waals surface area contributed by atoms with Gasteiger partial charge in [-0.3, -0.25) is 0 Å². The molecule has 0 aliphatic rings. The monoisotopic (exact) mass is 600 g/mol. The Kier molecular flexibility index (Phi) is 9.30. The summed E-state index contributed by atoms with van der Waals surface area (Å²) in [5, 5.41) is 0. The molecule has 0 spiro atoms. The van der Waals surface area contributed by atoms with E-state index in [4.69, 9.17) is 0 Å². The van der Waals surface area contributed by atoms with E-state index in [-0.39, 0.29) is 0 Å². The molecular weight excluding hydrogens is 558 g/mol. The van der Waals surface area contributed by atoms with E-state index < -0.39 is 7.14 Å². The first-order chi connectivity index (χ1) is 21.9. The molecule has 0 bridgehead atoms. The van der Waals surface area contributed by atoms with Crippen LogP contribution in [-0.4, -0.2) is 25.9 Å². The van der Waals surface area contributed by atoms with Gasteiger partial charge in [0.05, 0.1) is 0 Å². The first-order valence-electron chi connectivity index (χ1n) is 16.0. The van der Waals surface area contributed by atoms with Crippen LogP contribution in [0.15, 0.2) is 169 Å².